The molecule has 0 radical (unpaired) electrons. The number of ether oxygens (including phenoxy) is 1. The molecule has 0 aliphatic rings. The molecule has 1 atom stereocenters. The zero-order valence-electron chi connectivity index (χ0n) is 12.4. The normalized spacial score (nSPS) is 12.1. The van der Waals surface area contributed by atoms with Gasteiger partial charge in [0.15, 0.2) is 5.82 Å². The van der Waals surface area contributed by atoms with Gasteiger partial charge in [0.1, 0.15) is 6.33 Å². The van der Waals surface area contributed by atoms with Gasteiger partial charge in [0.05, 0.1) is 7.11 Å². The number of carbonyl (C=O) groups is 1. The van der Waals surface area contributed by atoms with E-state index >= 15 is 0 Å². The Labute approximate surface area is 123 Å². The first-order chi connectivity index (χ1) is 10.2. The van der Waals surface area contributed by atoms with Gasteiger partial charge in [0.2, 0.25) is 0 Å². The zero-order valence-corrected chi connectivity index (χ0v) is 12.4. The molecule has 0 bridgehead atoms. The van der Waals surface area contributed by atoms with Crippen molar-refractivity contribution in [3.05, 3.63) is 36.0 Å². The molecule has 0 amide bonds. The molecule has 0 aliphatic carbocycles. The van der Waals surface area contributed by atoms with Crippen LogP contribution in [-0.4, -0.2) is 39.4 Å². The lowest BCUT2D eigenvalue weighted by atomic mass is 10.1. The number of aromatic nitrogens is 4. The zero-order chi connectivity index (χ0) is 15.2. The summed E-state index contributed by atoms with van der Waals surface area (Å²) >= 11 is 0. The van der Waals surface area contributed by atoms with E-state index in [1.54, 1.807) is 6.20 Å². The van der Waals surface area contributed by atoms with Crippen LogP contribution in [0.15, 0.2) is 24.7 Å². The number of esters is 1. The Hall–Kier alpha value is -2.28. The van der Waals surface area contributed by atoms with Gasteiger partial charge in [-0.25, -0.2) is 19.4 Å². The van der Waals surface area contributed by atoms with E-state index in [1.165, 1.54) is 18.1 Å². The van der Waals surface area contributed by atoms with Crippen molar-refractivity contribution in [1.29, 1.82) is 0 Å². The molecule has 0 aliphatic heterocycles. The molecular weight excluding hydrogens is 270 g/mol. The second-order valence-electron chi connectivity index (χ2n) is 4.63. The van der Waals surface area contributed by atoms with Crippen molar-refractivity contribution in [2.75, 3.05) is 13.7 Å². The lowest BCUT2D eigenvalue weighted by molar-refractivity contribution is 0.0587. The van der Waals surface area contributed by atoms with Crippen LogP contribution in [0.25, 0.3) is 5.82 Å². The maximum atomic E-state index is 11.4. The molecule has 2 aromatic rings. The van der Waals surface area contributed by atoms with Crippen molar-refractivity contribution in [2.45, 2.75) is 26.3 Å². The molecule has 0 fully saturated rings. The average molecular weight is 289 g/mol. The van der Waals surface area contributed by atoms with E-state index in [9.17, 15) is 4.79 Å². The first-order valence-corrected chi connectivity index (χ1v) is 6.85. The summed E-state index contributed by atoms with van der Waals surface area (Å²) in [4.78, 5) is 19.5. The van der Waals surface area contributed by atoms with Crippen LogP contribution < -0.4 is 5.32 Å². The van der Waals surface area contributed by atoms with Crippen molar-refractivity contribution in [3.63, 3.8) is 0 Å². The third-order valence-electron chi connectivity index (χ3n) is 3.06. The highest BCUT2D eigenvalue weighted by Crippen LogP contribution is 2.14. The third kappa shape index (κ3) is 3.63. The Morgan fingerprint density at radius 2 is 2.29 bits per heavy atom. The fourth-order valence-corrected chi connectivity index (χ4v) is 1.87. The summed E-state index contributed by atoms with van der Waals surface area (Å²) in [6, 6.07) is 4.09. The van der Waals surface area contributed by atoms with Crippen molar-refractivity contribution in [1.82, 2.24) is 25.1 Å². The Balaban J connectivity index is 2.20. The second kappa shape index (κ2) is 6.94. The highest BCUT2D eigenvalue weighted by molar-refractivity contribution is 5.84. The average Bonchev–Trinajstić information content (AvgIpc) is 3.02. The topological polar surface area (TPSA) is 81.9 Å². The molecule has 0 saturated carbocycles. The summed E-state index contributed by atoms with van der Waals surface area (Å²) < 4.78 is 6.04. The van der Waals surface area contributed by atoms with Gasteiger partial charge in [-0.15, -0.1) is 5.10 Å². The van der Waals surface area contributed by atoms with Gasteiger partial charge < -0.3 is 10.1 Å². The van der Waals surface area contributed by atoms with E-state index in [0.717, 1.165) is 18.5 Å². The molecule has 112 valence electrons. The second-order valence-corrected chi connectivity index (χ2v) is 4.63. The van der Waals surface area contributed by atoms with Gasteiger partial charge >= 0.3 is 5.97 Å². The van der Waals surface area contributed by atoms with Gasteiger partial charge in [-0.05, 0) is 37.6 Å². The van der Waals surface area contributed by atoms with Gasteiger partial charge in [-0.1, -0.05) is 6.92 Å². The van der Waals surface area contributed by atoms with Gasteiger partial charge in [-0.3, -0.25) is 0 Å². The molecule has 7 nitrogen and oxygen atoms in total. The van der Waals surface area contributed by atoms with Crippen LogP contribution in [0.5, 0.6) is 0 Å². The summed E-state index contributed by atoms with van der Waals surface area (Å²) in [5.41, 5.74) is 1.10. The number of rotatable bonds is 6. The molecule has 0 spiro atoms. The van der Waals surface area contributed by atoms with Crippen LogP contribution in [0.3, 0.4) is 0 Å². The van der Waals surface area contributed by atoms with E-state index in [1.807, 2.05) is 12.1 Å². The highest BCUT2D eigenvalue weighted by atomic mass is 16.5. The molecule has 21 heavy (non-hydrogen) atoms. The minimum atomic E-state index is -0.567. The Morgan fingerprint density at radius 3 is 3.00 bits per heavy atom. The minimum Gasteiger partial charge on any atom is -0.463 e. The number of nitrogens with one attached hydrogen (secondary N) is 1. The van der Waals surface area contributed by atoms with E-state index in [4.69, 9.17) is 0 Å². The largest absolute Gasteiger partial charge is 0.463 e. The fraction of sp³-hybridized carbons (Fsp3) is 0.429. The fourth-order valence-electron chi connectivity index (χ4n) is 1.87. The highest BCUT2D eigenvalue weighted by Gasteiger charge is 2.13. The number of hydrogen-bond acceptors (Lipinski definition) is 6. The van der Waals surface area contributed by atoms with Crippen LogP contribution >= 0.6 is 0 Å². The molecule has 0 aromatic carbocycles. The maximum absolute atomic E-state index is 11.4. The van der Waals surface area contributed by atoms with Crippen LogP contribution in [-0.2, 0) is 4.74 Å². The predicted molar refractivity (Wildman–Crippen MR) is 77.2 cm³/mol. The summed E-state index contributed by atoms with van der Waals surface area (Å²) in [6.07, 6.45) is 4.24. The first kappa shape index (κ1) is 15.1. The Bertz CT molecular complexity index is 611. The molecule has 1 N–H and O–H groups in total. The SMILES string of the molecule is CCCNC(C)c1ccnc(-n2cnc(C(=O)OC)n2)c1. The van der Waals surface area contributed by atoms with E-state index in [0.29, 0.717) is 5.82 Å². The van der Waals surface area contributed by atoms with Crippen molar-refractivity contribution in [3.8, 4) is 5.82 Å². The maximum Gasteiger partial charge on any atom is 0.377 e. The van der Waals surface area contributed by atoms with Crippen molar-refractivity contribution < 1.29 is 9.53 Å². The predicted octanol–water partition coefficient (Wildman–Crippen LogP) is 1.51. The number of pyridine rings is 1. The van der Waals surface area contributed by atoms with Gasteiger partial charge in [-0.2, -0.15) is 0 Å². The minimum absolute atomic E-state index is 0.0156. The molecule has 0 saturated heterocycles. The summed E-state index contributed by atoms with van der Waals surface area (Å²) in [7, 11) is 1.29. The standard InChI is InChI=1S/C14H19N5O2/c1-4-6-15-10(2)11-5-7-16-12(8-11)19-9-17-13(18-19)14(20)21-3/h5,7-10,15H,4,6H2,1-3H3. The molecule has 2 rings (SSSR count). The molecule has 2 aromatic heterocycles. The van der Waals surface area contributed by atoms with E-state index < -0.39 is 5.97 Å². The lowest BCUT2D eigenvalue weighted by Gasteiger charge is -2.14. The third-order valence-corrected chi connectivity index (χ3v) is 3.06. The lowest BCUT2D eigenvalue weighted by Crippen LogP contribution is -2.19. The summed E-state index contributed by atoms with van der Waals surface area (Å²) in [5.74, 6) is 0.0602. The van der Waals surface area contributed by atoms with Crippen LogP contribution in [0.1, 0.15) is 42.5 Å². The van der Waals surface area contributed by atoms with Gasteiger partial charge in [0, 0.05) is 12.2 Å². The van der Waals surface area contributed by atoms with Crippen LogP contribution in [0, 0.1) is 0 Å². The molecule has 1 unspecified atom stereocenters. The van der Waals surface area contributed by atoms with Crippen molar-refractivity contribution in [2.24, 2.45) is 0 Å². The number of hydrogen-bond donors (Lipinski definition) is 1. The Kier molecular flexibility index (Phi) is 4.99. The van der Waals surface area contributed by atoms with Crippen LogP contribution in [0.2, 0.25) is 0 Å². The summed E-state index contributed by atoms with van der Waals surface area (Å²) in [6.45, 7) is 5.17. The summed E-state index contributed by atoms with van der Waals surface area (Å²) in [5, 5.41) is 7.47. The molecule has 7 heteroatoms. The molecule has 2 heterocycles. The van der Waals surface area contributed by atoms with Gasteiger partial charge in [0.25, 0.3) is 5.82 Å². The van der Waals surface area contributed by atoms with E-state index in [2.05, 4.69) is 39.0 Å². The smallest absolute Gasteiger partial charge is 0.377 e. The number of methoxy groups -OCH3 is 1. The number of nitrogens with zero attached hydrogens (tertiary/aromatic N) is 4. The van der Waals surface area contributed by atoms with E-state index in [-0.39, 0.29) is 11.9 Å². The first-order valence-electron chi connectivity index (χ1n) is 6.85. The Morgan fingerprint density at radius 1 is 1.48 bits per heavy atom. The van der Waals surface area contributed by atoms with Crippen LogP contribution in [0.4, 0.5) is 0 Å². The number of carbonyl (C=O) groups excluding carboxylic acids is 1. The monoisotopic (exact) mass is 289 g/mol. The van der Waals surface area contributed by atoms with Crippen molar-refractivity contribution >= 4 is 5.97 Å². The quantitative estimate of drug-likeness (QED) is 0.812. The molecular formula is C14H19N5O2.